The maximum Gasteiger partial charge on any atom is 0.403 e. The summed E-state index contributed by atoms with van der Waals surface area (Å²) in [5.41, 5.74) is -1.50. The Morgan fingerprint density at radius 2 is 0.711 bits per heavy atom. The van der Waals surface area contributed by atoms with Gasteiger partial charge >= 0.3 is 12.4 Å². The van der Waals surface area contributed by atoms with Gasteiger partial charge in [-0.1, -0.05) is 287 Å². The Kier molecular flexibility index (Phi) is 39.8. The monoisotopic (exact) mass is 1110 g/mol. The fraction of sp³-hybridized carbons (Fsp3) is 1.00. The zero-order chi connectivity index (χ0) is 63.0. The standard InChI is InChI=1S/C14H20F6.C11H23F.C10H22.C9H20.2C7H16.C6H14.C5H12/c1-10-2-4-11(5-3-10)6-8-12(9-7-11,13(15,16)17)14(18,19)20;1-8(2)11(7,9(3)4)10(5,6)12;1-7-10(6,8-2)9(3,4)5;1-6-8(7-2)9(3,4)5;1-6(2)7(3,4)5;1-5-6-7(2,3)4;1-5-6(2,3)4;1-5(2,3)4/h10H,2-9H2,1H3;8-9H,1-7H3;7-8H2,1-6H3;8H,6-7H2,1-5H3;6H,1-5H3;5-6H2,1-4H3;5H2,1-4H3;1-4H3. The van der Waals surface area contributed by atoms with Crippen molar-refractivity contribution < 1.29 is 30.7 Å². The molecule has 0 N–H and O–H groups in total. The van der Waals surface area contributed by atoms with Gasteiger partial charge in [-0.05, 0) is 132 Å². The van der Waals surface area contributed by atoms with Crippen LogP contribution in [0.5, 0.6) is 0 Å². The smallest absolute Gasteiger partial charge is 0.244 e. The maximum absolute atomic E-state index is 13.9. The molecule has 2 aliphatic rings. The van der Waals surface area contributed by atoms with Gasteiger partial charge in [-0.15, -0.1) is 0 Å². The van der Waals surface area contributed by atoms with E-state index in [2.05, 4.69) is 228 Å². The average molecular weight is 1110 g/mol. The molecule has 2 fully saturated rings. The van der Waals surface area contributed by atoms with Gasteiger partial charge in [0.15, 0.2) is 5.41 Å². The Bertz CT molecular complexity index is 1340. The zero-order valence-corrected chi connectivity index (χ0v) is 58.6. The van der Waals surface area contributed by atoms with Crippen molar-refractivity contribution in [2.75, 3.05) is 0 Å². The summed E-state index contributed by atoms with van der Waals surface area (Å²) in [5.74, 6) is 2.98. The van der Waals surface area contributed by atoms with Crippen molar-refractivity contribution in [1.82, 2.24) is 0 Å². The third-order valence-corrected chi connectivity index (χ3v) is 18.6. The van der Waals surface area contributed by atoms with Crippen LogP contribution in [0.2, 0.25) is 0 Å². The largest absolute Gasteiger partial charge is 0.403 e. The van der Waals surface area contributed by atoms with Crippen LogP contribution in [0, 0.1) is 83.7 Å². The molecule has 2 rings (SSSR count). The Morgan fingerprint density at radius 3 is 0.803 bits per heavy atom. The molecule has 0 aromatic rings. The lowest BCUT2D eigenvalue weighted by molar-refractivity contribution is -0.354. The van der Waals surface area contributed by atoms with Gasteiger partial charge in [0.25, 0.3) is 0 Å². The Labute approximate surface area is 476 Å². The van der Waals surface area contributed by atoms with E-state index in [9.17, 15) is 30.7 Å². The topological polar surface area (TPSA) is 0 Å². The first-order chi connectivity index (χ1) is 33.1. The van der Waals surface area contributed by atoms with E-state index in [0.29, 0.717) is 55.7 Å². The van der Waals surface area contributed by atoms with Crippen LogP contribution in [0.3, 0.4) is 0 Å². The summed E-state index contributed by atoms with van der Waals surface area (Å²) < 4.78 is 91.9. The van der Waals surface area contributed by atoms with E-state index < -0.39 is 36.3 Å². The fourth-order valence-electron chi connectivity index (χ4n) is 9.42. The van der Waals surface area contributed by atoms with Crippen LogP contribution in [0.1, 0.15) is 346 Å². The molecule has 0 atom stereocenters. The summed E-state index contributed by atoms with van der Waals surface area (Å²) in [6, 6.07) is 0. The highest BCUT2D eigenvalue weighted by Gasteiger charge is 2.71. The Morgan fingerprint density at radius 1 is 0.421 bits per heavy atom. The van der Waals surface area contributed by atoms with E-state index in [0.717, 1.165) is 37.5 Å². The summed E-state index contributed by atoms with van der Waals surface area (Å²) in [7, 11) is 0. The molecular formula is C69H143F7. The van der Waals surface area contributed by atoms with Crippen molar-refractivity contribution in [3.8, 4) is 0 Å². The number of hydrogen-bond acceptors (Lipinski definition) is 0. The van der Waals surface area contributed by atoms with E-state index in [4.69, 9.17) is 0 Å². The van der Waals surface area contributed by atoms with Crippen LogP contribution < -0.4 is 0 Å². The summed E-state index contributed by atoms with van der Waals surface area (Å²) >= 11 is 0. The molecule has 0 nitrogen and oxygen atoms in total. The normalized spacial score (nSPS) is 16.9. The Hall–Kier alpha value is -0.490. The molecule has 468 valence electrons. The lowest BCUT2D eigenvalue weighted by Gasteiger charge is -2.49. The highest BCUT2D eigenvalue weighted by Crippen LogP contribution is 2.63. The second kappa shape index (κ2) is 34.8. The fourth-order valence-corrected chi connectivity index (χ4v) is 9.42. The van der Waals surface area contributed by atoms with Crippen LogP contribution in [0.25, 0.3) is 0 Å². The molecule has 0 aromatic carbocycles. The van der Waals surface area contributed by atoms with Gasteiger partial charge in [-0.2, -0.15) is 26.3 Å². The van der Waals surface area contributed by atoms with Gasteiger partial charge in [0.2, 0.25) is 0 Å². The van der Waals surface area contributed by atoms with Gasteiger partial charge in [0, 0.05) is 5.41 Å². The first-order valence-corrected chi connectivity index (χ1v) is 30.9. The molecule has 0 amide bonds. The number of hydrogen-bond donors (Lipinski definition) is 0. The van der Waals surface area contributed by atoms with Crippen LogP contribution >= 0.6 is 0 Å². The van der Waals surface area contributed by atoms with E-state index in [1.54, 1.807) is 13.8 Å². The average Bonchev–Trinajstić information content (AvgIpc) is 3.19. The molecule has 1 spiro atoms. The first kappa shape index (κ1) is 86.8. The van der Waals surface area contributed by atoms with Crippen LogP contribution in [-0.4, -0.2) is 18.0 Å². The van der Waals surface area contributed by atoms with Gasteiger partial charge in [0.1, 0.15) is 5.67 Å². The van der Waals surface area contributed by atoms with E-state index >= 15 is 0 Å². The molecule has 2 aliphatic carbocycles. The van der Waals surface area contributed by atoms with Gasteiger partial charge in [0.05, 0.1) is 0 Å². The van der Waals surface area contributed by atoms with Crippen molar-refractivity contribution in [1.29, 1.82) is 0 Å². The van der Waals surface area contributed by atoms with Crippen molar-refractivity contribution >= 4 is 0 Å². The van der Waals surface area contributed by atoms with Crippen LogP contribution in [0.4, 0.5) is 30.7 Å². The summed E-state index contributed by atoms with van der Waals surface area (Å²) in [6.07, 6.45) is 0.642. The molecule has 0 aliphatic heterocycles. The van der Waals surface area contributed by atoms with E-state index in [-0.39, 0.29) is 23.7 Å². The minimum absolute atomic E-state index is 0.0543. The minimum Gasteiger partial charge on any atom is -0.244 e. The maximum atomic E-state index is 13.9. The third kappa shape index (κ3) is 36.8. The molecule has 0 radical (unpaired) electrons. The molecule has 7 heteroatoms. The minimum atomic E-state index is -5.20. The zero-order valence-electron chi connectivity index (χ0n) is 58.6. The molecule has 0 bridgehead atoms. The quantitative estimate of drug-likeness (QED) is 0.213. The van der Waals surface area contributed by atoms with Crippen molar-refractivity contribution in [2.45, 2.75) is 364 Å². The van der Waals surface area contributed by atoms with Crippen LogP contribution in [-0.2, 0) is 0 Å². The molecule has 0 aromatic heterocycles. The molecule has 0 unspecified atom stereocenters. The summed E-state index contributed by atoms with van der Waals surface area (Å²) in [5, 5.41) is 0. The lowest BCUT2D eigenvalue weighted by atomic mass is 9.57. The van der Waals surface area contributed by atoms with Crippen molar-refractivity contribution in [2.24, 2.45) is 83.7 Å². The van der Waals surface area contributed by atoms with Gasteiger partial charge < -0.3 is 0 Å². The lowest BCUT2D eigenvalue weighted by Crippen LogP contribution is -2.53. The van der Waals surface area contributed by atoms with Gasteiger partial charge in [-0.25, -0.2) is 4.39 Å². The number of rotatable bonds is 8. The van der Waals surface area contributed by atoms with Gasteiger partial charge in [-0.3, -0.25) is 0 Å². The SMILES string of the molecule is CC(C)(C)C.CC(C)C(C)(C(C)C)C(C)(C)F.CC(C)C(C)(C)C.CC1CCC2(CC1)CCC(C(F)(F)F)(C(F)(F)F)CC2.CCC(C)(C)C.CCC(C)(CC)C(C)(C)C.CCC(CC)C(C)(C)C.CCCC(C)(C)C. The predicted octanol–water partition coefficient (Wildman–Crippen LogP) is 27.3. The first-order valence-electron chi connectivity index (χ1n) is 30.9. The second-order valence-corrected chi connectivity index (χ2v) is 33.0. The van der Waals surface area contributed by atoms with E-state index in [1.165, 1.54) is 44.9 Å². The Balaban J connectivity index is -0.000000193. The number of alkyl halides is 7. The molecule has 76 heavy (non-hydrogen) atoms. The molecule has 0 saturated heterocycles. The highest BCUT2D eigenvalue weighted by atomic mass is 19.4. The number of halogens is 7. The molecule has 0 heterocycles. The molecule has 2 saturated carbocycles. The second-order valence-electron chi connectivity index (χ2n) is 33.0. The molecular weight excluding hydrogens is 962 g/mol. The van der Waals surface area contributed by atoms with Crippen molar-refractivity contribution in [3.63, 3.8) is 0 Å². The predicted molar refractivity (Wildman–Crippen MR) is 331 cm³/mol. The van der Waals surface area contributed by atoms with E-state index in [1.807, 2.05) is 6.92 Å². The third-order valence-electron chi connectivity index (χ3n) is 18.6. The highest BCUT2D eigenvalue weighted by molar-refractivity contribution is 5.01. The van der Waals surface area contributed by atoms with Crippen molar-refractivity contribution in [3.05, 3.63) is 0 Å². The summed E-state index contributed by atoms with van der Waals surface area (Å²) in [4.78, 5) is 0. The summed E-state index contributed by atoms with van der Waals surface area (Å²) in [6.45, 7) is 79.4. The van der Waals surface area contributed by atoms with Crippen LogP contribution in [0.15, 0.2) is 0 Å².